The van der Waals surface area contributed by atoms with E-state index in [2.05, 4.69) is 20.7 Å². The van der Waals surface area contributed by atoms with Gasteiger partial charge in [0, 0.05) is 11.1 Å². The second-order valence-corrected chi connectivity index (χ2v) is 6.11. The van der Waals surface area contributed by atoms with E-state index < -0.39 is 0 Å². The van der Waals surface area contributed by atoms with Gasteiger partial charge in [-0.2, -0.15) is 4.80 Å². The summed E-state index contributed by atoms with van der Waals surface area (Å²) in [6.07, 6.45) is 0. The lowest BCUT2D eigenvalue weighted by molar-refractivity contribution is 0.0897. The normalized spacial score (nSPS) is 12.7. The zero-order valence-electron chi connectivity index (χ0n) is 13.9. The van der Waals surface area contributed by atoms with Crippen LogP contribution in [0.25, 0.3) is 11.4 Å². The number of carbonyl (C=O) groups excluding carboxylic acids is 1. The van der Waals surface area contributed by atoms with Crippen LogP contribution in [0, 0.1) is 5.92 Å². The topological polar surface area (TPSA) is 92.9 Å². The van der Waals surface area contributed by atoms with E-state index in [1.54, 1.807) is 29.1 Å². The Hall–Kier alpha value is -2.28. The Morgan fingerprint density at radius 3 is 2.35 bits per heavy atom. The molecule has 1 amide bonds. The molecule has 0 fully saturated rings. The van der Waals surface area contributed by atoms with Crippen LogP contribution in [0.1, 0.15) is 44.1 Å². The second kappa shape index (κ2) is 7.32. The lowest BCUT2D eigenvalue weighted by Crippen LogP contribution is -2.41. The Kier molecular flexibility index (Phi) is 5.44. The molecule has 2 aromatic rings. The number of rotatable bonds is 6. The van der Waals surface area contributed by atoms with Crippen molar-refractivity contribution in [3.05, 3.63) is 29.8 Å². The van der Waals surface area contributed by atoms with Crippen LogP contribution >= 0.6 is 0 Å². The van der Waals surface area contributed by atoms with E-state index in [0.717, 1.165) is 5.56 Å². The van der Waals surface area contributed by atoms with Crippen molar-refractivity contribution in [1.29, 1.82) is 0 Å². The minimum absolute atomic E-state index is 0.0796. The lowest BCUT2D eigenvalue weighted by atomic mass is 10.0. The first kappa shape index (κ1) is 17.1. The zero-order chi connectivity index (χ0) is 17.0. The molecule has 1 aromatic carbocycles. The van der Waals surface area contributed by atoms with Gasteiger partial charge in [-0.05, 0) is 37.1 Å². The summed E-state index contributed by atoms with van der Waals surface area (Å²) in [6, 6.07) is 6.91. The predicted octanol–water partition coefficient (Wildman–Crippen LogP) is 1.67. The van der Waals surface area contributed by atoms with Crippen LogP contribution in [0.2, 0.25) is 0 Å². The van der Waals surface area contributed by atoms with E-state index in [-0.39, 0.29) is 30.5 Å². The quantitative estimate of drug-likeness (QED) is 0.845. The Balaban J connectivity index is 2.10. The Bertz CT molecular complexity index is 649. The molecule has 2 rings (SSSR count). The molecule has 7 heteroatoms. The molecule has 0 spiro atoms. The van der Waals surface area contributed by atoms with Crippen molar-refractivity contribution in [3.8, 4) is 11.4 Å². The second-order valence-electron chi connectivity index (χ2n) is 6.11. The number of carbonyl (C=O) groups is 1. The Labute approximate surface area is 135 Å². The van der Waals surface area contributed by atoms with Crippen molar-refractivity contribution in [2.24, 2.45) is 5.92 Å². The number of nitrogens with zero attached hydrogens (tertiary/aromatic N) is 4. The molecule has 2 N–H and O–H groups in total. The van der Waals surface area contributed by atoms with E-state index in [1.165, 1.54) is 0 Å². The largest absolute Gasteiger partial charge is 0.394 e. The third-order valence-corrected chi connectivity index (χ3v) is 3.61. The number of nitrogens with one attached hydrogen (secondary N) is 1. The van der Waals surface area contributed by atoms with E-state index in [4.69, 9.17) is 0 Å². The minimum atomic E-state index is -0.255. The highest BCUT2D eigenvalue weighted by Gasteiger charge is 2.16. The van der Waals surface area contributed by atoms with Gasteiger partial charge in [0.1, 0.15) is 0 Å². The van der Waals surface area contributed by atoms with Crippen molar-refractivity contribution in [2.45, 2.75) is 39.8 Å². The average molecular weight is 317 g/mol. The molecule has 1 aromatic heterocycles. The molecule has 0 saturated heterocycles. The molecule has 0 saturated carbocycles. The molecule has 0 aliphatic heterocycles. The highest BCUT2D eigenvalue weighted by atomic mass is 16.3. The van der Waals surface area contributed by atoms with Crippen LogP contribution in [0.5, 0.6) is 0 Å². The summed E-state index contributed by atoms with van der Waals surface area (Å²) >= 11 is 0. The Morgan fingerprint density at radius 2 is 1.87 bits per heavy atom. The fourth-order valence-corrected chi connectivity index (χ4v) is 2.00. The summed E-state index contributed by atoms with van der Waals surface area (Å²) in [5.74, 6) is 0.489. The Morgan fingerprint density at radius 1 is 1.22 bits per heavy atom. The van der Waals surface area contributed by atoms with Crippen molar-refractivity contribution in [1.82, 2.24) is 25.5 Å². The maximum atomic E-state index is 12.2. The molecule has 0 radical (unpaired) electrons. The van der Waals surface area contributed by atoms with Crippen LogP contribution in [0.3, 0.4) is 0 Å². The number of hydrogen-bond acceptors (Lipinski definition) is 5. The molecule has 1 atom stereocenters. The van der Waals surface area contributed by atoms with Gasteiger partial charge in [0.15, 0.2) is 0 Å². The third kappa shape index (κ3) is 4.13. The molecular formula is C16H23N5O2. The molecule has 0 aliphatic carbocycles. The van der Waals surface area contributed by atoms with Crippen molar-refractivity contribution >= 4 is 5.91 Å². The monoisotopic (exact) mass is 317 g/mol. The molecule has 124 valence electrons. The summed E-state index contributed by atoms with van der Waals surface area (Å²) in [6.45, 7) is 7.78. The highest BCUT2D eigenvalue weighted by Crippen LogP contribution is 2.16. The number of hydrogen-bond donors (Lipinski definition) is 2. The number of aromatic nitrogens is 4. The van der Waals surface area contributed by atoms with Crippen molar-refractivity contribution in [2.75, 3.05) is 6.61 Å². The van der Waals surface area contributed by atoms with Gasteiger partial charge in [-0.15, -0.1) is 10.2 Å². The number of tetrazole rings is 1. The van der Waals surface area contributed by atoms with Gasteiger partial charge >= 0.3 is 0 Å². The first-order valence-electron chi connectivity index (χ1n) is 7.74. The van der Waals surface area contributed by atoms with Crippen LogP contribution < -0.4 is 5.32 Å². The van der Waals surface area contributed by atoms with Crippen molar-refractivity contribution < 1.29 is 9.90 Å². The van der Waals surface area contributed by atoms with Crippen LogP contribution in [0.4, 0.5) is 0 Å². The van der Waals surface area contributed by atoms with Crippen LogP contribution in [0.15, 0.2) is 24.3 Å². The summed E-state index contributed by atoms with van der Waals surface area (Å²) in [5.41, 5.74) is 1.33. The van der Waals surface area contributed by atoms with Gasteiger partial charge < -0.3 is 10.4 Å². The summed E-state index contributed by atoms with van der Waals surface area (Å²) < 4.78 is 0. The van der Waals surface area contributed by atoms with Gasteiger partial charge in [-0.3, -0.25) is 4.79 Å². The maximum absolute atomic E-state index is 12.2. The van der Waals surface area contributed by atoms with E-state index in [9.17, 15) is 9.90 Å². The smallest absolute Gasteiger partial charge is 0.251 e. The zero-order valence-corrected chi connectivity index (χ0v) is 13.9. The molecule has 0 aliphatic rings. The summed E-state index contributed by atoms with van der Waals surface area (Å²) in [7, 11) is 0. The first-order valence-corrected chi connectivity index (χ1v) is 7.74. The average Bonchev–Trinajstić information content (AvgIpc) is 3.02. The van der Waals surface area contributed by atoms with Gasteiger partial charge in [0.25, 0.3) is 5.91 Å². The summed E-state index contributed by atoms with van der Waals surface area (Å²) in [4.78, 5) is 13.7. The molecule has 23 heavy (non-hydrogen) atoms. The van der Waals surface area contributed by atoms with Crippen molar-refractivity contribution in [3.63, 3.8) is 0 Å². The number of aliphatic hydroxyl groups is 1. The number of amides is 1. The van der Waals surface area contributed by atoms with Gasteiger partial charge in [-0.25, -0.2) is 0 Å². The van der Waals surface area contributed by atoms with E-state index in [1.807, 2.05) is 27.7 Å². The fourth-order valence-electron chi connectivity index (χ4n) is 2.00. The molecular weight excluding hydrogens is 294 g/mol. The predicted molar refractivity (Wildman–Crippen MR) is 86.8 cm³/mol. The highest BCUT2D eigenvalue weighted by molar-refractivity contribution is 5.94. The van der Waals surface area contributed by atoms with Gasteiger partial charge in [-0.1, -0.05) is 26.0 Å². The first-order chi connectivity index (χ1) is 10.9. The molecule has 1 heterocycles. The third-order valence-electron chi connectivity index (χ3n) is 3.61. The molecule has 0 bridgehead atoms. The lowest BCUT2D eigenvalue weighted by Gasteiger charge is -2.19. The fraction of sp³-hybridized carbons (Fsp3) is 0.500. The van der Waals surface area contributed by atoms with Crippen LogP contribution in [-0.2, 0) is 0 Å². The minimum Gasteiger partial charge on any atom is -0.394 e. The van der Waals surface area contributed by atoms with E-state index in [0.29, 0.717) is 11.4 Å². The number of benzene rings is 1. The molecule has 0 unspecified atom stereocenters. The van der Waals surface area contributed by atoms with E-state index >= 15 is 0 Å². The maximum Gasteiger partial charge on any atom is 0.251 e. The SMILES string of the molecule is CC(C)[C@@H](CO)NC(=O)c1ccc(-c2nnn(C(C)C)n2)cc1. The standard InChI is InChI=1S/C16H23N5O2/c1-10(2)14(9-22)17-16(23)13-7-5-12(6-8-13)15-18-20-21(19-15)11(3)4/h5-8,10-11,14,22H,9H2,1-4H3,(H,17,23)/t14-/m1/s1. The van der Waals surface area contributed by atoms with Crippen LogP contribution in [-0.4, -0.2) is 43.9 Å². The molecule has 7 nitrogen and oxygen atoms in total. The van der Waals surface area contributed by atoms with Gasteiger partial charge in [0.05, 0.1) is 18.7 Å². The number of aliphatic hydroxyl groups excluding tert-OH is 1. The summed E-state index contributed by atoms with van der Waals surface area (Å²) in [5, 5.41) is 24.4. The van der Waals surface area contributed by atoms with Gasteiger partial charge in [0.2, 0.25) is 5.82 Å².